The maximum atomic E-state index is 12.1. The number of aliphatic carboxylic acids is 2. The SMILES string of the molecule is CCC1CNCCN1C(=O)OCc1ccc(OC(F)F)cc1.O=C(O)C=CC(=O)O. The summed E-state index contributed by atoms with van der Waals surface area (Å²) in [5.41, 5.74) is 0.721. The second-order valence-electron chi connectivity index (χ2n) is 6.05. The lowest BCUT2D eigenvalue weighted by atomic mass is 10.1. The first-order chi connectivity index (χ1) is 14.2. The van der Waals surface area contributed by atoms with Crippen LogP contribution in [0.3, 0.4) is 0 Å². The lowest BCUT2D eigenvalue weighted by Crippen LogP contribution is -2.53. The van der Waals surface area contributed by atoms with Gasteiger partial charge in [0.15, 0.2) is 0 Å². The summed E-state index contributed by atoms with van der Waals surface area (Å²) in [7, 11) is 0. The molecule has 1 unspecified atom stereocenters. The van der Waals surface area contributed by atoms with E-state index in [0.717, 1.165) is 25.1 Å². The van der Waals surface area contributed by atoms with Gasteiger partial charge in [0.1, 0.15) is 12.4 Å². The van der Waals surface area contributed by atoms with Crippen molar-refractivity contribution in [3.05, 3.63) is 42.0 Å². The first-order valence-electron chi connectivity index (χ1n) is 9.04. The molecule has 0 radical (unpaired) electrons. The zero-order valence-corrected chi connectivity index (χ0v) is 16.3. The number of carboxylic acids is 2. The molecule has 0 aromatic heterocycles. The van der Waals surface area contributed by atoms with Gasteiger partial charge in [-0.2, -0.15) is 8.78 Å². The van der Waals surface area contributed by atoms with E-state index >= 15 is 0 Å². The molecule has 0 spiro atoms. The van der Waals surface area contributed by atoms with Gasteiger partial charge in [-0.3, -0.25) is 0 Å². The summed E-state index contributed by atoms with van der Waals surface area (Å²) in [4.78, 5) is 32.9. The van der Waals surface area contributed by atoms with Gasteiger partial charge in [0.2, 0.25) is 0 Å². The van der Waals surface area contributed by atoms with Crippen LogP contribution in [0.2, 0.25) is 0 Å². The van der Waals surface area contributed by atoms with Crippen LogP contribution < -0.4 is 10.1 Å². The smallest absolute Gasteiger partial charge is 0.410 e. The minimum atomic E-state index is -2.85. The molecule has 11 heteroatoms. The van der Waals surface area contributed by atoms with E-state index in [-0.39, 0.29) is 24.5 Å². The summed E-state index contributed by atoms with van der Waals surface area (Å²) < 4.78 is 33.7. The second kappa shape index (κ2) is 13.1. The summed E-state index contributed by atoms with van der Waals surface area (Å²) in [6.45, 7) is 1.44. The first-order valence-corrected chi connectivity index (χ1v) is 9.04. The van der Waals surface area contributed by atoms with Gasteiger partial charge in [-0.15, -0.1) is 0 Å². The normalized spacial score (nSPS) is 16.0. The molecular weight excluding hydrogens is 406 g/mol. The van der Waals surface area contributed by atoms with Crippen LogP contribution in [0.1, 0.15) is 18.9 Å². The number of alkyl halides is 2. The van der Waals surface area contributed by atoms with Crippen LogP contribution in [0.4, 0.5) is 13.6 Å². The zero-order chi connectivity index (χ0) is 22.5. The molecule has 1 saturated heterocycles. The Morgan fingerprint density at radius 2 is 1.80 bits per heavy atom. The molecule has 1 atom stereocenters. The molecular formula is C19H24F2N2O7. The molecule has 1 fully saturated rings. The molecule has 2 rings (SSSR count). The number of carbonyl (C=O) groups is 3. The van der Waals surface area contributed by atoms with Gasteiger partial charge in [0.25, 0.3) is 0 Å². The Morgan fingerprint density at radius 3 is 2.30 bits per heavy atom. The van der Waals surface area contributed by atoms with E-state index in [1.54, 1.807) is 17.0 Å². The van der Waals surface area contributed by atoms with Gasteiger partial charge < -0.3 is 29.9 Å². The van der Waals surface area contributed by atoms with Crippen molar-refractivity contribution in [2.45, 2.75) is 32.6 Å². The molecule has 0 aliphatic carbocycles. The number of rotatable bonds is 7. The number of carbonyl (C=O) groups excluding carboxylic acids is 1. The lowest BCUT2D eigenvalue weighted by Gasteiger charge is -2.34. The Hall–Kier alpha value is -3.21. The average Bonchev–Trinajstić information content (AvgIpc) is 2.71. The number of hydrogen-bond donors (Lipinski definition) is 3. The third-order valence-electron chi connectivity index (χ3n) is 3.94. The molecule has 3 N–H and O–H groups in total. The quantitative estimate of drug-likeness (QED) is 0.563. The highest BCUT2D eigenvalue weighted by atomic mass is 19.3. The fraction of sp³-hybridized carbons (Fsp3) is 0.421. The van der Waals surface area contributed by atoms with E-state index in [1.165, 1.54) is 12.1 Å². The van der Waals surface area contributed by atoms with E-state index in [4.69, 9.17) is 14.9 Å². The third kappa shape index (κ3) is 9.82. The predicted molar refractivity (Wildman–Crippen MR) is 101 cm³/mol. The van der Waals surface area contributed by atoms with Crippen molar-refractivity contribution in [2.24, 2.45) is 0 Å². The molecule has 1 aliphatic rings. The number of benzene rings is 1. The minimum absolute atomic E-state index is 0.0817. The van der Waals surface area contributed by atoms with Crippen molar-refractivity contribution >= 4 is 18.0 Å². The van der Waals surface area contributed by atoms with Crippen molar-refractivity contribution in [1.29, 1.82) is 0 Å². The Morgan fingerprint density at radius 1 is 1.20 bits per heavy atom. The maximum Gasteiger partial charge on any atom is 0.410 e. The topological polar surface area (TPSA) is 125 Å². The highest BCUT2D eigenvalue weighted by Gasteiger charge is 2.26. The molecule has 1 amide bonds. The Bertz CT molecular complexity index is 710. The van der Waals surface area contributed by atoms with Crippen LogP contribution in [0.15, 0.2) is 36.4 Å². The van der Waals surface area contributed by atoms with Gasteiger partial charge in [0, 0.05) is 37.8 Å². The molecule has 1 aromatic rings. The first kappa shape index (κ1) is 24.8. The molecule has 0 bridgehead atoms. The fourth-order valence-corrected chi connectivity index (χ4v) is 2.50. The summed E-state index contributed by atoms with van der Waals surface area (Å²) in [5.74, 6) is -2.43. The van der Waals surface area contributed by atoms with Crippen LogP contribution in [-0.4, -0.2) is 65.4 Å². The van der Waals surface area contributed by atoms with Crippen molar-refractivity contribution in [2.75, 3.05) is 19.6 Å². The van der Waals surface area contributed by atoms with Crippen LogP contribution >= 0.6 is 0 Å². The number of halogens is 2. The summed E-state index contributed by atoms with van der Waals surface area (Å²) in [6.07, 6.45) is 1.63. The Balaban J connectivity index is 0.000000479. The molecule has 0 saturated carbocycles. The van der Waals surface area contributed by atoms with Crippen molar-refractivity contribution < 1.29 is 42.9 Å². The largest absolute Gasteiger partial charge is 0.478 e. The summed E-state index contributed by atoms with van der Waals surface area (Å²) in [6, 6.07) is 6.19. The number of carboxylic acid groups (broad SMARTS) is 2. The van der Waals surface area contributed by atoms with Gasteiger partial charge in [-0.25, -0.2) is 14.4 Å². The van der Waals surface area contributed by atoms with Crippen LogP contribution in [0, 0.1) is 0 Å². The number of ether oxygens (including phenoxy) is 2. The Labute approximate surface area is 171 Å². The van der Waals surface area contributed by atoms with Crippen molar-refractivity contribution in [3.8, 4) is 5.75 Å². The van der Waals surface area contributed by atoms with Gasteiger partial charge in [0.05, 0.1) is 0 Å². The van der Waals surface area contributed by atoms with Crippen LogP contribution in [-0.2, 0) is 20.9 Å². The number of nitrogens with zero attached hydrogens (tertiary/aromatic N) is 1. The molecule has 1 heterocycles. The van der Waals surface area contributed by atoms with Crippen LogP contribution in [0.5, 0.6) is 5.75 Å². The van der Waals surface area contributed by atoms with Crippen LogP contribution in [0.25, 0.3) is 0 Å². The average molecular weight is 430 g/mol. The van der Waals surface area contributed by atoms with Gasteiger partial charge in [-0.1, -0.05) is 19.1 Å². The van der Waals surface area contributed by atoms with E-state index < -0.39 is 18.6 Å². The number of piperazine rings is 1. The molecule has 9 nitrogen and oxygen atoms in total. The Kier molecular flexibility index (Phi) is 10.8. The molecule has 30 heavy (non-hydrogen) atoms. The van der Waals surface area contributed by atoms with E-state index in [0.29, 0.717) is 18.7 Å². The summed E-state index contributed by atoms with van der Waals surface area (Å²) >= 11 is 0. The minimum Gasteiger partial charge on any atom is -0.478 e. The third-order valence-corrected chi connectivity index (χ3v) is 3.94. The predicted octanol–water partition coefficient (Wildman–Crippen LogP) is 2.32. The second-order valence-corrected chi connectivity index (χ2v) is 6.05. The highest BCUT2D eigenvalue weighted by Crippen LogP contribution is 2.16. The molecule has 1 aromatic carbocycles. The van der Waals surface area contributed by atoms with E-state index in [2.05, 4.69) is 10.1 Å². The van der Waals surface area contributed by atoms with E-state index in [1.807, 2.05) is 6.92 Å². The monoisotopic (exact) mass is 430 g/mol. The molecule has 1 aliphatic heterocycles. The number of hydrogen-bond acceptors (Lipinski definition) is 6. The van der Waals surface area contributed by atoms with Gasteiger partial charge >= 0.3 is 24.6 Å². The number of amides is 1. The lowest BCUT2D eigenvalue weighted by molar-refractivity contribution is -0.134. The van der Waals surface area contributed by atoms with Crippen molar-refractivity contribution in [3.63, 3.8) is 0 Å². The highest BCUT2D eigenvalue weighted by molar-refractivity contribution is 5.89. The van der Waals surface area contributed by atoms with Gasteiger partial charge in [-0.05, 0) is 24.1 Å². The fourth-order valence-electron chi connectivity index (χ4n) is 2.50. The molecule has 166 valence electrons. The maximum absolute atomic E-state index is 12.1. The summed E-state index contributed by atoms with van der Waals surface area (Å²) in [5, 5.41) is 18.9. The van der Waals surface area contributed by atoms with E-state index in [9.17, 15) is 23.2 Å². The zero-order valence-electron chi connectivity index (χ0n) is 16.3. The van der Waals surface area contributed by atoms with Crippen molar-refractivity contribution in [1.82, 2.24) is 10.2 Å². The standard InChI is InChI=1S/C15H20F2N2O3.C4H4O4/c1-2-12-9-18-7-8-19(12)15(20)21-10-11-3-5-13(6-4-11)22-14(16)17;5-3(6)1-2-4(7)8/h3-6,12,14,18H,2,7-10H2,1H3;1-2H,(H,5,6)(H,7,8). The number of nitrogens with one attached hydrogen (secondary N) is 1.